The fourth-order valence-electron chi connectivity index (χ4n) is 2.30. The van der Waals surface area contributed by atoms with Crippen LogP contribution >= 0.6 is 46.0 Å². The number of ether oxygens (including phenoxy) is 2. The largest absolute Gasteiger partial charge is 0.497 e. The minimum Gasteiger partial charge on any atom is -0.497 e. The van der Waals surface area contributed by atoms with Gasteiger partial charge in [-0.3, -0.25) is 4.79 Å². The topological polar surface area (TPSA) is 60.5 Å². The van der Waals surface area contributed by atoms with E-state index in [1.807, 2.05) is 35.7 Å². The van der Waals surface area contributed by atoms with E-state index in [2.05, 4.69) is 10.3 Å². The number of carbonyl (C=O) groups excluding carboxylic acids is 1. The number of anilines is 1. The third kappa shape index (κ3) is 5.38. The summed E-state index contributed by atoms with van der Waals surface area (Å²) in [5.41, 5.74) is 1.55. The molecule has 0 spiro atoms. The quantitative estimate of drug-likeness (QED) is 0.507. The van der Waals surface area contributed by atoms with Crippen molar-refractivity contribution in [3.05, 3.63) is 44.9 Å². The monoisotopic (exact) mass is 440 g/mol. The van der Waals surface area contributed by atoms with E-state index < -0.39 is 0 Å². The first-order valence-corrected chi connectivity index (χ1v) is 11.1. The molecule has 2 aromatic heterocycles. The summed E-state index contributed by atoms with van der Waals surface area (Å²) in [5, 5.41) is 5.28. The average molecular weight is 441 g/mol. The molecule has 27 heavy (non-hydrogen) atoms. The Kier molecular flexibility index (Phi) is 7.01. The van der Waals surface area contributed by atoms with Gasteiger partial charge in [-0.2, -0.15) is 0 Å². The van der Waals surface area contributed by atoms with E-state index >= 15 is 0 Å². The number of nitrogens with one attached hydrogen (secondary N) is 1. The molecular weight excluding hydrogens is 424 g/mol. The summed E-state index contributed by atoms with van der Waals surface area (Å²) in [6.45, 7) is 0. The van der Waals surface area contributed by atoms with Crippen molar-refractivity contribution < 1.29 is 14.3 Å². The summed E-state index contributed by atoms with van der Waals surface area (Å²) in [6.07, 6.45) is 0. The molecule has 3 rings (SSSR count). The average Bonchev–Trinajstić information content (AvgIpc) is 3.30. The van der Waals surface area contributed by atoms with E-state index in [0.29, 0.717) is 16.6 Å². The number of thiazole rings is 1. The first-order chi connectivity index (χ1) is 13.1. The smallest absolute Gasteiger partial charge is 0.236 e. The van der Waals surface area contributed by atoms with Crippen molar-refractivity contribution in [1.82, 2.24) is 4.98 Å². The van der Waals surface area contributed by atoms with E-state index in [4.69, 9.17) is 21.1 Å². The second-order valence-electron chi connectivity index (χ2n) is 5.35. The summed E-state index contributed by atoms with van der Waals surface area (Å²) >= 11 is 10.4. The Bertz CT molecular complexity index is 926. The molecule has 3 aromatic rings. The molecule has 0 saturated carbocycles. The summed E-state index contributed by atoms with van der Waals surface area (Å²) in [5.74, 6) is 2.45. The number of amides is 1. The Labute approximate surface area is 174 Å². The molecule has 0 aliphatic heterocycles. The molecule has 0 unspecified atom stereocenters. The fourth-order valence-corrected chi connectivity index (χ4v) is 5.05. The summed E-state index contributed by atoms with van der Waals surface area (Å²) in [7, 11) is 3.22. The van der Waals surface area contributed by atoms with Crippen LogP contribution in [-0.2, 0) is 10.5 Å². The zero-order valence-corrected chi connectivity index (χ0v) is 17.9. The van der Waals surface area contributed by atoms with Gasteiger partial charge in [-0.05, 0) is 30.3 Å². The molecule has 0 fully saturated rings. The van der Waals surface area contributed by atoms with Gasteiger partial charge in [-0.1, -0.05) is 11.6 Å². The van der Waals surface area contributed by atoms with Crippen molar-refractivity contribution in [2.45, 2.75) is 5.75 Å². The summed E-state index contributed by atoms with van der Waals surface area (Å²) in [4.78, 5) is 17.8. The maximum atomic E-state index is 12.1. The Morgan fingerprint density at radius 1 is 1.26 bits per heavy atom. The maximum absolute atomic E-state index is 12.1. The highest BCUT2D eigenvalue weighted by atomic mass is 35.5. The number of nitrogens with zero attached hydrogens (tertiary/aromatic N) is 1. The first-order valence-electron chi connectivity index (χ1n) is 7.88. The molecule has 5 nitrogen and oxygen atoms in total. The third-order valence-electron chi connectivity index (χ3n) is 3.54. The standard InChI is InChI=1S/C18H17ClN2O3S3/c1-23-11-3-5-15(24-2)13(7-11)14-9-26-18(20-14)21-17(22)10-25-8-12-4-6-16(19)27-12/h3-7,9H,8,10H2,1-2H3,(H,20,21,22). The van der Waals surface area contributed by atoms with Gasteiger partial charge in [0.05, 0.1) is 30.0 Å². The van der Waals surface area contributed by atoms with Crippen molar-refractivity contribution in [2.75, 3.05) is 25.3 Å². The lowest BCUT2D eigenvalue weighted by Gasteiger charge is -2.08. The second-order valence-corrected chi connectivity index (χ2v) is 8.99. The van der Waals surface area contributed by atoms with Crippen LogP contribution in [0.15, 0.2) is 35.7 Å². The third-order valence-corrected chi connectivity index (χ3v) is 6.69. The SMILES string of the molecule is COc1ccc(OC)c(-c2csc(NC(=O)CSCc3ccc(Cl)s3)n2)c1. The Balaban J connectivity index is 1.60. The zero-order chi connectivity index (χ0) is 19.2. The molecule has 1 amide bonds. The molecule has 0 saturated heterocycles. The van der Waals surface area contributed by atoms with Gasteiger partial charge in [0, 0.05) is 21.6 Å². The number of benzene rings is 1. The summed E-state index contributed by atoms with van der Waals surface area (Å²) < 4.78 is 11.4. The molecule has 0 aliphatic carbocycles. The van der Waals surface area contributed by atoms with Gasteiger partial charge in [0.1, 0.15) is 11.5 Å². The molecule has 0 radical (unpaired) electrons. The minimum absolute atomic E-state index is 0.0823. The van der Waals surface area contributed by atoms with E-state index in [-0.39, 0.29) is 5.91 Å². The number of thioether (sulfide) groups is 1. The van der Waals surface area contributed by atoms with Crippen LogP contribution in [0.25, 0.3) is 11.3 Å². The van der Waals surface area contributed by atoms with Gasteiger partial charge in [-0.25, -0.2) is 4.98 Å². The highest BCUT2D eigenvalue weighted by Gasteiger charge is 2.13. The predicted molar refractivity (Wildman–Crippen MR) is 115 cm³/mol. The number of aromatic nitrogens is 1. The van der Waals surface area contributed by atoms with Gasteiger partial charge in [0.2, 0.25) is 5.91 Å². The van der Waals surface area contributed by atoms with Crippen LogP contribution in [-0.4, -0.2) is 30.9 Å². The Morgan fingerprint density at radius 2 is 2.11 bits per heavy atom. The number of carbonyl (C=O) groups is 1. The number of thiophene rings is 1. The molecule has 0 aliphatic rings. The summed E-state index contributed by atoms with van der Waals surface area (Å²) in [6, 6.07) is 9.37. The van der Waals surface area contributed by atoms with Crippen LogP contribution in [0.2, 0.25) is 4.34 Å². The first kappa shape index (κ1) is 20.0. The number of halogens is 1. The molecule has 1 N–H and O–H groups in total. The lowest BCUT2D eigenvalue weighted by molar-refractivity contribution is -0.113. The number of methoxy groups -OCH3 is 2. The molecule has 0 bridgehead atoms. The molecule has 142 valence electrons. The van der Waals surface area contributed by atoms with Crippen LogP contribution in [0.4, 0.5) is 5.13 Å². The van der Waals surface area contributed by atoms with Gasteiger partial charge in [-0.15, -0.1) is 34.4 Å². The van der Waals surface area contributed by atoms with Crippen molar-refractivity contribution in [3.63, 3.8) is 0 Å². The van der Waals surface area contributed by atoms with Crippen LogP contribution in [0, 0.1) is 0 Å². The van der Waals surface area contributed by atoms with Gasteiger partial charge in [0.25, 0.3) is 0 Å². The zero-order valence-electron chi connectivity index (χ0n) is 14.7. The number of hydrogen-bond donors (Lipinski definition) is 1. The highest BCUT2D eigenvalue weighted by Crippen LogP contribution is 2.35. The molecule has 1 aromatic carbocycles. The van der Waals surface area contributed by atoms with Crippen LogP contribution in [0.1, 0.15) is 4.88 Å². The van der Waals surface area contributed by atoms with E-state index in [9.17, 15) is 4.79 Å². The van der Waals surface area contributed by atoms with E-state index in [0.717, 1.165) is 32.0 Å². The Hall–Kier alpha value is -1.74. The predicted octanol–water partition coefficient (Wildman–Crippen LogP) is 5.41. The van der Waals surface area contributed by atoms with Crippen molar-refractivity contribution >= 4 is 57.1 Å². The second kappa shape index (κ2) is 9.45. The Morgan fingerprint density at radius 3 is 2.81 bits per heavy atom. The van der Waals surface area contributed by atoms with E-state index in [1.165, 1.54) is 22.7 Å². The molecule has 2 heterocycles. The van der Waals surface area contributed by atoms with Gasteiger partial charge in [0.15, 0.2) is 5.13 Å². The van der Waals surface area contributed by atoms with Crippen LogP contribution in [0.5, 0.6) is 11.5 Å². The van der Waals surface area contributed by atoms with Gasteiger partial charge < -0.3 is 14.8 Å². The van der Waals surface area contributed by atoms with Crippen LogP contribution < -0.4 is 14.8 Å². The molecular formula is C18H17ClN2O3S3. The van der Waals surface area contributed by atoms with Crippen molar-refractivity contribution in [1.29, 1.82) is 0 Å². The van der Waals surface area contributed by atoms with Crippen molar-refractivity contribution in [2.24, 2.45) is 0 Å². The van der Waals surface area contributed by atoms with Crippen molar-refractivity contribution in [3.8, 4) is 22.8 Å². The molecule has 0 atom stereocenters. The maximum Gasteiger partial charge on any atom is 0.236 e. The molecule has 9 heteroatoms. The number of rotatable bonds is 8. The minimum atomic E-state index is -0.0823. The fraction of sp³-hybridized carbons (Fsp3) is 0.222. The lowest BCUT2D eigenvalue weighted by atomic mass is 10.1. The normalized spacial score (nSPS) is 10.6. The van der Waals surface area contributed by atoms with E-state index in [1.54, 1.807) is 26.0 Å². The number of hydrogen-bond acceptors (Lipinski definition) is 7. The van der Waals surface area contributed by atoms with Crippen LogP contribution in [0.3, 0.4) is 0 Å². The van der Waals surface area contributed by atoms with Gasteiger partial charge >= 0.3 is 0 Å². The lowest BCUT2D eigenvalue weighted by Crippen LogP contribution is -2.13. The highest BCUT2D eigenvalue weighted by molar-refractivity contribution is 7.99.